The molecule has 0 spiro atoms. The van der Waals surface area contributed by atoms with E-state index in [1.807, 2.05) is 12.1 Å². The monoisotopic (exact) mass is 475 g/mol. The van der Waals surface area contributed by atoms with Crippen LogP contribution in [0.1, 0.15) is 82.8 Å². The molecule has 182 valence electrons. The van der Waals surface area contributed by atoms with Crippen LogP contribution in [0, 0.1) is 0 Å². The Bertz CT molecular complexity index is 929. The molecule has 33 heavy (non-hydrogen) atoms. The molecule has 0 fully saturated rings. The number of hydrogen-bond acceptors (Lipinski definition) is 4. The number of carbonyl (C=O) groups is 1. The fourth-order valence-corrected chi connectivity index (χ4v) is 5.31. The van der Waals surface area contributed by atoms with Gasteiger partial charge < -0.3 is 10.2 Å². The minimum absolute atomic E-state index is 0.172. The lowest BCUT2D eigenvalue weighted by atomic mass is 10.0. The molecule has 0 heterocycles. The summed E-state index contributed by atoms with van der Waals surface area (Å²) in [7, 11) is -3.72. The highest BCUT2D eigenvalue weighted by Gasteiger charge is 2.24. The highest BCUT2D eigenvalue weighted by molar-refractivity contribution is 7.92. The van der Waals surface area contributed by atoms with E-state index in [0.29, 0.717) is 31.5 Å². The van der Waals surface area contributed by atoms with E-state index in [9.17, 15) is 18.3 Å². The van der Waals surface area contributed by atoms with E-state index in [-0.39, 0.29) is 11.3 Å². The quantitative estimate of drug-likeness (QED) is 0.294. The summed E-state index contributed by atoms with van der Waals surface area (Å²) in [6, 6.07) is 15.6. The number of aliphatic hydroxyl groups excluding tert-OH is 1. The van der Waals surface area contributed by atoms with Crippen LogP contribution in [0.2, 0.25) is 0 Å². The number of carboxylic acids is 1. The van der Waals surface area contributed by atoms with Crippen molar-refractivity contribution in [3.05, 3.63) is 60.2 Å². The first-order chi connectivity index (χ1) is 15.9. The fourth-order valence-electron chi connectivity index (χ4n) is 3.79. The number of benzene rings is 2. The molecule has 2 aromatic rings. The Labute approximate surface area is 198 Å². The fraction of sp³-hybridized carbons (Fsp3) is 0.500. The van der Waals surface area contributed by atoms with Crippen molar-refractivity contribution in [2.75, 3.05) is 10.8 Å². The van der Waals surface area contributed by atoms with Gasteiger partial charge >= 0.3 is 5.97 Å². The van der Waals surface area contributed by atoms with Crippen LogP contribution in [0.3, 0.4) is 0 Å². The number of sulfonamides is 1. The molecule has 0 aromatic heterocycles. The van der Waals surface area contributed by atoms with Gasteiger partial charge in [0.25, 0.3) is 10.0 Å². The van der Waals surface area contributed by atoms with Gasteiger partial charge in [-0.1, -0.05) is 75.8 Å². The van der Waals surface area contributed by atoms with Gasteiger partial charge in [0, 0.05) is 13.0 Å². The van der Waals surface area contributed by atoms with Gasteiger partial charge in [-0.25, -0.2) is 8.42 Å². The largest absolute Gasteiger partial charge is 0.481 e. The van der Waals surface area contributed by atoms with Crippen LogP contribution in [0.4, 0.5) is 5.69 Å². The van der Waals surface area contributed by atoms with Crippen LogP contribution < -0.4 is 4.31 Å². The Hall–Kier alpha value is -2.38. The molecule has 2 N–H and O–H groups in total. The number of aliphatic carboxylic acids is 1. The average molecular weight is 476 g/mol. The molecule has 6 nitrogen and oxygen atoms in total. The number of rotatable bonds is 16. The number of nitrogens with zero attached hydrogens (tertiary/aromatic N) is 1. The third kappa shape index (κ3) is 8.82. The van der Waals surface area contributed by atoms with Gasteiger partial charge in [-0.15, -0.1) is 0 Å². The second-order valence-corrected chi connectivity index (χ2v) is 10.3. The van der Waals surface area contributed by atoms with Crippen molar-refractivity contribution in [1.82, 2.24) is 0 Å². The molecule has 2 aromatic carbocycles. The molecular weight excluding hydrogens is 438 g/mol. The summed E-state index contributed by atoms with van der Waals surface area (Å²) < 4.78 is 28.2. The van der Waals surface area contributed by atoms with E-state index in [4.69, 9.17) is 5.11 Å². The van der Waals surface area contributed by atoms with E-state index >= 15 is 0 Å². The zero-order valence-corrected chi connectivity index (χ0v) is 20.3. The third-order valence-electron chi connectivity index (χ3n) is 5.73. The Kier molecular flexibility index (Phi) is 11.4. The SMILES string of the molecule is CCCCCC(O)c1ccc(N(CCCCCCCC(=O)O)S(=O)(=O)c2ccccc2)cc1. The van der Waals surface area contributed by atoms with Gasteiger partial charge in [-0.2, -0.15) is 0 Å². The third-order valence-corrected chi connectivity index (χ3v) is 7.57. The molecule has 2 rings (SSSR count). The van der Waals surface area contributed by atoms with E-state index < -0.39 is 22.1 Å². The van der Waals surface area contributed by atoms with E-state index in [2.05, 4.69) is 6.92 Å². The molecule has 1 unspecified atom stereocenters. The summed E-state index contributed by atoms with van der Waals surface area (Å²) in [5.74, 6) is -0.783. The van der Waals surface area contributed by atoms with Crippen LogP contribution in [0.15, 0.2) is 59.5 Å². The molecular formula is C26H37NO5S. The molecule has 0 saturated carbocycles. The summed E-state index contributed by atoms with van der Waals surface area (Å²) >= 11 is 0. The maximum atomic E-state index is 13.4. The van der Waals surface area contributed by atoms with Gasteiger partial charge in [0.15, 0.2) is 0 Å². The molecule has 0 amide bonds. The van der Waals surface area contributed by atoms with Crippen molar-refractivity contribution in [3.8, 4) is 0 Å². The van der Waals surface area contributed by atoms with E-state index in [1.165, 1.54) is 4.31 Å². The van der Waals surface area contributed by atoms with Crippen molar-refractivity contribution in [1.29, 1.82) is 0 Å². The van der Waals surface area contributed by atoms with Gasteiger partial charge in [0.1, 0.15) is 0 Å². The topological polar surface area (TPSA) is 94.9 Å². The summed E-state index contributed by atoms with van der Waals surface area (Å²) in [4.78, 5) is 10.9. The standard InChI is InChI=1S/C26H37NO5S/c1-2-3-8-15-25(28)22-17-19-23(20-18-22)27(21-12-6-4-5-11-16-26(29)30)33(31,32)24-13-9-7-10-14-24/h7,9-10,13-14,17-20,25,28H,2-6,8,11-12,15-16,21H2,1H3,(H,29,30). The predicted molar refractivity (Wildman–Crippen MR) is 132 cm³/mol. The smallest absolute Gasteiger partial charge is 0.303 e. The van der Waals surface area contributed by atoms with Crippen LogP contribution in [-0.2, 0) is 14.8 Å². The predicted octanol–water partition coefficient (Wildman–Crippen LogP) is 5.92. The number of anilines is 1. The van der Waals surface area contributed by atoms with Crippen molar-refractivity contribution >= 4 is 21.7 Å². The summed E-state index contributed by atoms with van der Waals surface area (Å²) in [6.07, 6.45) is 7.30. The van der Waals surface area contributed by atoms with Gasteiger partial charge in [-0.3, -0.25) is 9.10 Å². The summed E-state index contributed by atoms with van der Waals surface area (Å²) in [6.45, 7) is 2.47. The molecule has 0 aliphatic rings. The maximum Gasteiger partial charge on any atom is 0.303 e. The van der Waals surface area contributed by atoms with Crippen LogP contribution in [0.25, 0.3) is 0 Å². The van der Waals surface area contributed by atoms with Crippen LogP contribution >= 0.6 is 0 Å². The number of aliphatic hydroxyl groups is 1. The summed E-state index contributed by atoms with van der Waals surface area (Å²) in [5.41, 5.74) is 1.37. The lowest BCUT2D eigenvalue weighted by Crippen LogP contribution is -2.32. The summed E-state index contributed by atoms with van der Waals surface area (Å²) in [5, 5.41) is 19.2. The Morgan fingerprint density at radius 2 is 1.52 bits per heavy atom. The molecule has 0 radical (unpaired) electrons. The first-order valence-corrected chi connectivity index (χ1v) is 13.4. The van der Waals surface area contributed by atoms with Gasteiger partial charge in [0.2, 0.25) is 0 Å². The molecule has 7 heteroatoms. The van der Waals surface area contributed by atoms with Crippen LogP contribution in [-0.4, -0.2) is 31.1 Å². The average Bonchev–Trinajstić information content (AvgIpc) is 2.81. The lowest BCUT2D eigenvalue weighted by molar-refractivity contribution is -0.137. The van der Waals surface area contributed by atoms with Gasteiger partial charge in [-0.05, 0) is 49.1 Å². The van der Waals surface area contributed by atoms with E-state index in [1.54, 1.807) is 42.5 Å². The second-order valence-electron chi connectivity index (χ2n) is 8.40. The van der Waals surface area contributed by atoms with Crippen molar-refractivity contribution in [2.45, 2.75) is 82.1 Å². The zero-order valence-electron chi connectivity index (χ0n) is 19.5. The van der Waals surface area contributed by atoms with Crippen molar-refractivity contribution in [3.63, 3.8) is 0 Å². The second kappa shape index (κ2) is 14.0. The first-order valence-electron chi connectivity index (χ1n) is 11.9. The van der Waals surface area contributed by atoms with Crippen molar-refractivity contribution < 1.29 is 23.4 Å². The van der Waals surface area contributed by atoms with E-state index in [0.717, 1.165) is 44.1 Å². The minimum atomic E-state index is -3.72. The molecule has 0 aliphatic carbocycles. The van der Waals surface area contributed by atoms with Crippen LogP contribution in [0.5, 0.6) is 0 Å². The van der Waals surface area contributed by atoms with Gasteiger partial charge in [0.05, 0.1) is 16.7 Å². The zero-order chi connectivity index (χ0) is 24.1. The highest BCUT2D eigenvalue weighted by atomic mass is 32.2. The minimum Gasteiger partial charge on any atom is -0.481 e. The Morgan fingerprint density at radius 1 is 0.879 bits per heavy atom. The molecule has 0 aliphatic heterocycles. The number of carboxylic acid groups (broad SMARTS) is 1. The number of unbranched alkanes of at least 4 members (excludes halogenated alkanes) is 6. The maximum absolute atomic E-state index is 13.4. The normalized spacial score (nSPS) is 12.4. The van der Waals surface area contributed by atoms with Crippen molar-refractivity contribution in [2.24, 2.45) is 0 Å². The molecule has 0 bridgehead atoms. The Morgan fingerprint density at radius 3 is 2.15 bits per heavy atom. The Balaban J connectivity index is 2.10. The molecule has 0 saturated heterocycles. The highest BCUT2D eigenvalue weighted by Crippen LogP contribution is 2.27. The lowest BCUT2D eigenvalue weighted by Gasteiger charge is -2.25. The first kappa shape index (κ1) is 26.9. The molecule has 1 atom stereocenters. The number of hydrogen-bond donors (Lipinski definition) is 2.